The number of morpholine rings is 1. The minimum absolute atomic E-state index is 0.0878. The Kier molecular flexibility index (Phi) is 8.07. The van der Waals surface area contributed by atoms with Crippen molar-refractivity contribution < 1.29 is 45.4 Å². The zero-order valence-corrected chi connectivity index (χ0v) is 22.6. The molecule has 0 N–H and O–H groups in total. The Balaban J connectivity index is 1.32. The van der Waals surface area contributed by atoms with E-state index >= 15 is 0 Å². The molecular formula is C27H22F6N4O4S. The molecule has 2 aliphatic heterocycles. The van der Waals surface area contributed by atoms with Crippen LogP contribution in [0.25, 0.3) is 17.0 Å². The number of aliphatic imine (C=N–C) groups is 1. The maximum atomic E-state index is 13.6. The van der Waals surface area contributed by atoms with Crippen LogP contribution in [-0.4, -0.2) is 64.1 Å². The molecule has 0 unspecified atom stereocenters. The van der Waals surface area contributed by atoms with Crippen LogP contribution >= 0.6 is 11.8 Å². The number of carbonyl (C=O) groups excluding carboxylic acids is 2. The molecule has 5 rings (SSSR count). The van der Waals surface area contributed by atoms with E-state index in [0.717, 1.165) is 6.07 Å². The molecule has 1 aromatic heterocycles. The maximum absolute atomic E-state index is 13.6. The van der Waals surface area contributed by atoms with Gasteiger partial charge in [0.2, 0.25) is 0 Å². The number of rotatable bonds is 5. The van der Waals surface area contributed by atoms with Gasteiger partial charge in [0.15, 0.2) is 5.17 Å². The third kappa shape index (κ3) is 6.62. The highest BCUT2D eigenvalue weighted by atomic mass is 32.2. The van der Waals surface area contributed by atoms with Gasteiger partial charge < -0.3 is 14.4 Å². The first-order chi connectivity index (χ1) is 19.8. The summed E-state index contributed by atoms with van der Waals surface area (Å²) in [6.45, 7) is 2.25. The van der Waals surface area contributed by atoms with E-state index in [0.29, 0.717) is 52.3 Å². The van der Waals surface area contributed by atoms with Gasteiger partial charge in [-0.3, -0.25) is 14.3 Å². The quantitative estimate of drug-likeness (QED) is 0.218. The van der Waals surface area contributed by atoms with Gasteiger partial charge >= 0.3 is 18.3 Å². The molecule has 1 fully saturated rings. The second-order valence-electron chi connectivity index (χ2n) is 9.54. The third-order valence-electron chi connectivity index (χ3n) is 6.52. The van der Waals surface area contributed by atoms with Gasteiger partial charge in [0.1, 0.15) is 12.7 Å². The van der Waals surface area contributed by atoms with Crippen LogP contribution in [0.3, 0.4) is 0 Å². The Morgan fingerprint density at radius 2 is 1.93 bits per heavy atom. The van der Waals surface area contributed by atoms with Crippen molar-refractivity contribution in [2.24, 2.45) is 4.99 Å². The van der Waals surface area contributed by atoms with Crippen molar-refractivity contribution in [1.82, 2.24) is 14.7 Å². The van der Waals surface area contributed by atoms with Crippen LogP contribution in [0.2, 0.25) is 0 Å². The molecule has 3 aromatic rings. The molecule has 0 spiro atoms. The van der Waals surface area contributed by atoms with Gasteiger partial charge in [-0.15, -0.1) is 0 Å². The molecule has 1 saturated heterocycles. The van der Waals surface area contributed by atoms with E-state index in [2.05, 4.69) is 10.1 Å². The van der Waals surface area contributed by atoms with Gasteiger partial charge in [0, 0.05) is 25.4 Å². The van der Waals surface area contributed by atoms with Crippen LogP contribution in [0, 0.1) is 0 Å². The number of amides is 1. The van der Waals surface area contributed by atoms with Crippen LogP contribution in [-0.2, 0) is 38.0 Å². The molecule has 0 aliphatic carbocycles. The number of benzene rings is 2. The highest BCUT2D eigenvalue weighted by Crippen LogP contribution is 2.38. The van der Waals surface area contributed by atoms with Crippen molar-refractivity contribution in [3.05, 3.63) is 69.8 Å². The normalized spacial score (nSPS) is 19.1. The number of halogens is 6. The first kappa shape index (κ1) is 29.6. The van der Waals surface area contributed by atoms with Crippen LogP contribution < -0.4 is 0 Å². The number of alkyl halides is 6. The topological polar surface area (TPSA) is 86.0 Å². The molecule has 0 saturated carbocycles. The molecule has 2 aliphatic rings. The molecule has 42 heavy (non-hydrogen) atoms. The molecule has 15 heteroatoms. The Morgan fingerprint density at radius 1 is 1.14 bits per heavy atom. The average molecular weight is 613 g/mol. The number of hydrogen-bond donors (Lipinski definition) is 0. The molecule has 2 aromatic carbocycles. The largest absolute Gasteiger partial charge is 0.463 e. The molecule has 1 amide bonds. The fourth-order valence-corrected chi connectivity index (χ4v) is 5.47. The van der Waals surface area contributed by atoms with E-state index < -0.39 is 41.9 Å². The summed E-state index contributed by atoms with van der Waals surface area (Å²) >= 11 is 1.18. The van der Waals surface area contributed by atoms with E-state index in [-0.39, 0.29) is 24.3 Å². The number of aromatic nitrogens is 2. The number of carbonyl (C=O) groups is 2. The van der Waals surface area contributed by atoms with Crippen LogP contribution in [0.15, 0.2) is 52.5 Å². The lowest BCUT2D eigenvalue weighted by Gasteiger charge is -2.33. The van der Waals surface area contributed by atoms with E-state index in [9.17, 15) is 35.9 Å². The SMILES string of the molecule is CC(=O)OC[C@@H]1CN(C2=NC(=O)C(=Cc3ccc4c(cnn4Cc4ccc(C(F)(F)F)cc4C(F)(F)F)c3)S2)CCO1. The van der Waals surface area contributed by atoms with Gasteiger partial charge in [-0.05, 0) is 53.2 Å². The number of ether oxygens (including phenoxy) is 2. The fraction of sp³-hybridized carbons (Fsp3) is 0.333. The Hall–Kier alpha value is -3.85. The van der Waals surface area contributed by atoms with Crippen LogP contribution in [0.5, 0.6) is 0 Å². The molecule has 0 radical (unpaired) electrons. The zero-order chi connectivity index (χ0) is 30.2. The van der Waals surface area contributed by atoms with E-state index in [1.54, 1.807) is 24.3 Å². The minimum atomic E-state index is -4.99. The van der Waals surface area contributed by atoms with Crippen LogP contribution in [0.4, 0.5) is 26.3 Å². The van der Waals surface area contributed by atoms with Gasteiger partial charge in [-0.1, -0.05) is 12.1 Å². The van der Waals surface area contributed by atoms with Gasteiger partial charge in [0.25, 0.3) is 5.91 Å². The smallest absolute Gasteiger partial charge is 0.416 e. The number of hydrogen-bond acceptors (Lipinski definition) is 7. The molecule has 1 atom stereocenters. The Labute approximate surface area is 239 Å². The van der Waals surface area contributed by atoms with Crippen LogP contribution in [0.1, 0.15) is 29.2 Å². The van der Waals surface area contributed by atoms with Crippen molar-refractivity contribution in [2.75, 3.05) is 26.3 Å². The maximum Gasteiger partial charge on any atom is 0.416 e. The summed E-state index contributed by atoms with van der Waals surface area (Å²) in [5.41, 5.74) is -2.05. The summed E-state index contributed by atoms with van der Waals surface area (Å²) in [4.78, 5) is 30.1. The predicted octanol–water partition coefficient (Wildman–Crippen LogP) is 5.36. The van der Waals surface area contributed by atoms with Crippen molar-refractivity contribution in [3.8, 4) is 0 Å². The first-order valence-corrected chi connectivity index (χ1v) is 13.3. The second kappa shape index (κ2) is 11.4. The Morgan fingerprint density at radius 3 is 2.64 bits per heavy atom. The van der Waals surface area contributed by atoms with Crippen molar-refractivity contribution in [2.45, 2.75) is 31.9 Å². The zero-order valence-electron chi connectivity index (χ0n) is 21.8. The summed E-state index contributed by atoms with van der Waals surface area (Å²) in [7, 11) is 0. The van der Waals surface area contributed by atoms with Gasteiger partial charge in [-0.2, -0.15) is 36.4 Å². The standard InChI is InChI=1S/C27H22F6N4O4S/c1-15(38)41-14-20-13-36(6-7-40-20)25-35-24(39)23(42-25)9-16-2-5-22-18(8-16)11-34-37(22)12-17-3-4-19(26(28,29)30)10-21(17)27(31,32)33/h2-5,8-11,20H,6-7,12-14H2,1H3/t20-/m0/s1. The van der Waals surface area contributed by atoms with E-state index in [4.69, 9.17) is 9.47 Å². The summed E-state index contributed by atoms with van der Waals surface area (Å²) in [6.07, 6.45) is -7.20. The highest BCUT2D eigenvalue weighted by molar-refractivity contribution is 8.18. The van der Waals surface area contributed by atoms with Gasteiger partial charge in [0.05, 0.1) is 40.9 Å². The number of thioether (sulfide) groups is 1. The number of amidine groups is 1. The third-order valence-corrected chi connectivity index (χ3v) is 7.56. The lowest BCUT2D eigenvalue weighted by Crippen LogP contribution is -2.46. The molecule has 3 heterocycles. The fourth-order valence-electron chi connectivity index (χ4n) is 4.53. The average Bonchev–Trinajstić information content (AvgIpc) is 3.49. The molecular weight excluding hydrogens is 590 g/mol. The number of fused-ring (bicyclic) bond motifs is 1. The van der Waals surface area contributed by atoms with Gasteiger partial charge in [-0.25, -0.2) is 0 Å². The molecule has 8 nitrogen and oxygen atoms in total. The number of esters is 1. The monoisotopic (exact) mass is 612 g/mol. The predicted molar refractivity (Wildman–Crippen MR) is 141 cm³/mol. The lowest BCUT2D eigenvalue weighted by molar-refractivity contribution is -0.147. The lowest BCUT2D eigenvalue weighted by atomic mass is 10.0. The summed E-state index contributed by atoms with van der Waals surface area (Å²) in [5.74, 6) is -0.854. The summed E-state index contributed by atoms with van der Waals surface area (Å²) < 4.78 is 91.7. The number of nitrogens with zero attached hydrogens (tertiary/aromatic N) is 4. The Bertz CT molecular complexity index is 1600. The van der Waals surface area contributed by atoms with Crippen molar-refractivity contribution in [3.63, 3.8) is 0 Å². The summed E-state index contributed by atoms with van der Waals surface area (Å²) in [5, 5.41) is 5.19. The van der Waals surface area contributed by atoms with Crippen molar-refractivity contribution >= 4 is 45.8 Å². The molecule has 222 valence electrons. The van der Waals surface area contributed by atoms with E-state index in [1.165, 1.54) is 29.6 Å². The second-order valence-corrected chi connectivity index (χ2v) is 10.5. The van der Waals surface area contributed by atoms with Crippen molar-refractivity contribution in [1.29, 1.82) is 0 Å². The summed E-state index contributed by atoms with van der Waals surface area (Å²) in [6, 6.07) is 6.49. The molecule has 0 bridgehead atoms. The minimum Gasteiger partial charge on any atom is -0.463 e. The first-order valence-electron chi connectivity index (χ1n) is 12.5. The highest BCUT2D eigenvalue weighted by Gasteiger charge is 2.38. The van der Waals surface area contributed by atoms with E-state index in [1.807, 2.05) is 4.90 Å².